The van der Waals surface area contributed by atoms with E-state index in [9.17, 15) is 0 Å². The zero-order chi connectivity index (χ0) is 16.7. The molecule has 0 atom stereocenters. The van der Waals surface area contributed by atoms with E-state index in [1.54, 1.807) is 0 Å². The van der Waals surface area contributed by atoms with Crippen LogP contribution in [0.15, 0.2) is 21.7 Å². The van der Waals surface area contributed by atoms with Gasteiger partial charge in [-0.25, -0.2) is 0 Å². The minimum atomic E-state index is 0. The summed E-state index contributed by atoms with van der Waals surface area (Å²) in [6.45, 7) is 10.5. The number of aliphatic imine (C=N–C) groups is 1. The number of hydrogen-bond acceptors (Lipinski definition) is 2. The summed E-state index contributed by atoms with van der Waals surface area (Å²) in [6, 6.07) is 2.72. The third-order valence-corrected chi connectivity index (χ3v) is 4.30. The molecule has 0 bridgehead atoms. The maximum Gasteiger partial charge on any atom is 0.193 e. The molecule has 0 saturated carbocycles. The molecule has 1 rings (SSSR count). The number of aryl methyl sites for hydroxylation is 1. The molecule has 0 radical (unpaired) electrons. The zero-order valence-corrected chi connectivity index (χ0v) is 19.1. The summed E-state index contributed by atoms with van der Waals surface area (Å²) in [5.41, 5.74) is 1.25. The van der Waals surface area contributed by atoms with Gasteiger partial charge in [-0.15, -0.1) is 24.0 Å². The van der Waals surface area contributed by atoms with Crippen molar-refractivity contribution in [2.75, 3.05) is 33.7 Å². The van der Waals surface area contributed by atoms with Crippen LogP contribution in [0.1, 0.15) is 26.5 Å². The van der Waals surface area contributed by atoms with Crippen LogP contribution >= 0.6 is 39.9 Å². The van der Waals surface area contributed by atoms with Gasteiger partial charge in [-0.3, -0.25) is 9.89 Å². The van der Waals surface area contributed by atoms with Gasteiger partial charge in [0.05, 0.1) is 6.54 Å². The molecule has 7 heteroatoms. The van der Waals surface area contributed by atoms with E-state index in [2.05, 4.69) is 87.7 Å². The minimum absolute atomic E-state index is 0. The Labute approximate surface area is 166 Å². The molecule has 0 aromatic carbocycles. The number of nitrogens with one attached hydrogen (secondary N) is 1. The van der Waals surface area contributed by atoms with Gasteiger partial charge in [-0.1, -0.05) is 6.92 Å². The zero-order valence-electron chi connectivity index (χ0n) is 15.1. The Morgan fingerprint density at radius 3 is 2.52 bits per heavy atom. The van der Waals surface area contributed by atoms with Crippen LogP contribution in [0.25, 0.3) is 0 Å². The third-order valence-electron chi connectivity index (χ3n) is 3.87. The van der Waals surface area contributed by atoms with Crippen LogP contribution in [0, 0.1) is 0 Å². The van der Waals surface area contributed by atoms with Gasteiger partial charge >= 0.3 is 0 Å². The summed E-state index contributed by atoms with van der Waals surface area (Å²) in [5.74, 6) is 0.928. The molecule has 5 nitrogen and oxygen atoms in total. The summed E-state index contributed by atoms with van der Waals surface area (Å²) < 4.78 is 3.24. The van der Waals surface area contributed by atoms with Crippen LogP contribution in [-0.2, 0) is 13.6 Å². The highest BCUT2D eigenvalue weighted by atomic mass is 127. The molecule has 0 aliphatic carbocycles. The van der Waals surface area contributed by atoms with Crippen LogP contribution in [0.3, 0.4) is 0 Å². The van der Waals surface area contributed by atoms with Gasteiger partial charge < -0.3 is 14.8 Å². The van der Waals surface area contributed by atoms with Crippen molar-refractivity contribution in [3.8, 4) is 0 Å². The predicted octanol–water partition coefficient (Wildman–Crippen LogP) is 3.14. The van der Waals surface area contributed by atoms with Crippen LogP contribution < -0.4 is 5.32 Å². The van der Waals surface area contributed by atoms with Gasteiger partial charge in [-0.05, 0) is 42.4 Å². The monoisotopic (exact) mass is 499 g/mol. The first-order valence-electron chi connectivity index (χ1n) is 7.85. The van der Waals surface area contributed by atoms with Crippen molar-refractivity contribution >= 4 is 45.9 Å². The lowest BCUT2D eigenvalue weighted by Gasteiger charge is -2.27. The topological polar surface area (TPSA) is 35.8 Å². The number of rotatable bonds is 7. The first kappa shape index (κ1) is 22.7. The lowest BCUT2D eigenvalue weighted by atomic mass is 10.3. The molecule has 0 amide bonds. The number of halogens is 2. The van der Waals surface area contributed by atoms with E-state index < -0.39 is 0 Å². The molecule has 1 N–H and O–H groups in total. The highest BCUT2D eigenvalue weighted by Crippen LogP contribution is 2.14. The molecule has 0 fully saturated rings. The summed E-state index contributed by atoms with van der Waals surface area (Å²) >= 11 is 3.52. The van der Waals surface area contributed by atoms with Crippen molar-refractivity contribution in [2.45, 2.75) is 33.4 Å². The Kier molecular flexibility index (Phi) is 11.2. The predicted molar refractivity (Wildman–Crippen MR) is 114 cm³/mol. The lowest BCUT2D eigenvalue weighted by molar-refractivity contribution is 0.236. The van der Waals surface area contributed by atoms with E-state index in [0.717, 1.165) is 36.6 Å². The average molecular weight is 500 g/mol. The summed E-state index contributed by atoms with van der Waals surface area (Å²) in [4.78, 5) is 8.97. The molecular weight excluding hydrogens is 469 g/mol. The van der Waals surface area contributed by atoms with Crippen molar-refractivity contribution in [1.82, 2.24) is 19.7 Å². The second-order valence-corrected chi connectivity index (χ2v) is 6.73. The first-order valence-corrected chi connectivity index (χ1v) is 8.64. The molecule has 134 valence electrons. The smallest absolute Gasteiger partial charge is 0.193 e. The van der Waals surface area contributed by atoms with Gasteiger partial charge in [0.15, 0.2) is 5.96 Å². The Bertz CT molecular complexity index is 487. The maximum atomic E-state index is 4.38. The number of guanidine groups is 1. The van der Waals surface area contributed by atoms with Crippen LogP contribution in [0.5, 0.6) is 0 Å². The quantitative estimate of drug-likeness (QED) is 0.355. The fourth-order valence-electron chi connectivity index (χ4n) is 2.52. The molecule has 0 aliphatic heterocycles. The first-order chi connectivity index (χ1) is 10.4. The maximum absolute atomic E-state index is 4.38. The summed E-state index contributed by atoms with van der Waals surface area (Å²) in [5, 5.41) is 3.45. The Morgan fingerprint density at radius 1 is 1.43 bits per heavy atom. The highest BCUT2D eigenvalue weighted by Gasteiger charge is 2.11. The van der Waals surface area contributed by atoms with Crippen molar-refractivity contribution in [2.24, 2.45) is 12.0 Å². The van der Waals surface area contributed by atoms with Crippen LogP contribution in [0.4, 0.5) is 0 Å². The molecular formula is C16H31BrIN5. The summed E-state index contributed by atoms with van der Waals surface area (Å²) in [7, 11) is 5.96. The molecule has 1 aromatic rings. The normalized spacial score (nSPS) is 11.8. The SMILES string of the molecule is CCN(CCNC(=NC)N(C)Cc1cc(Br)cn1C)C(C)C.I. The average Bonchev–Trinajstić information content (AvgIpc) is 2.76. The van der Waals surface area contributed by atoms with E-state index in [0.29, 0.717) is 6.04 Å². The van der Waals surface area contributed by atoms with Crippen molar-refractivity contribution < 1.29 is 0 Å². The van der Waals surface area contributed by atoms with Gasteiger partial charge in [-0.2, -0.15) is 0 Å². The van der Waals surface area contributed by atoms with Gasteiger partial charge in [0, 0.05) is 56.6 Å². The molecule has 0 unspecified atom stereocenters. The number of hydrogen-bond donors (Lipinski definition) is 1. The molecule has 23 heavy (non-hydrogen) atoms. The standard InChI is InChI=1S/C16H30BrN5.HI/c1-7-22(13(2)3)9-8-19-16(18-4)21(6)12-15-10-14(17)11-20(15)5;/h10-11,13H,7-9,12H2,1-6H3,(H,18,19);1H. The fourth-order valence-corrected chi connectivity index (χ4v) is 3.09. The lowest BCUT2D eigenvalue weighted by Crippen LogP contribution is -2.43. The third kappa shape index (κ3) is 7.43. The van der Waals surface area contributed by atoms with Crippen molar-refractivity contribution in [3.63, 3.8) is 0 Å². The molecule has 1 heterocycles. The van der Waals surface area contributed by atoms with Gasteiger partial charge in [0.25, 0.3) is 0 Å². The van der Waals surface area contributed by atoms with E-state index in [4.69, 9.17) is 0 Å². The number of aromatic nitrogens is 1. The van der Waals surface area contributed by atoms with E-state index >= 15 is 0 Å². The molecule has 0 spiro atoms. The number of nitrogens with zero attached hydrogens (tertiary/aromatic N) is 4. The van der Waals surface area contributed by atoms with E-state index in [1.807, 2.05) is 7.05 Å². The Hall–Kier alpha value is -0.280. The number of likely N-dealkylation sites (N-methyl/N-ethyl adjacent to an activating group) is 1. The van der Waals surface area contributed by atoms with Crippen molar-refractivity contribution in [1.29, 1.82) is 0 Å². The Balaban J connectivity index is 0.00000484. The molecule has 1 aromatic heterocycles. The minimum Gasteiger partial charge on any atom is -0.355 e. The Morgan fingerprint density at radius 2 is 2.09 bits per heavy atom. The van der Waals surface area contributed by atoms with E-state index in [-0.39, 0.29) is 24.0 Å². The summed E-state index contributed by atoms with van der Waals surface area (Å²) in [6.07, 6.45) is 2.07. The second-order valence-electron chi connectivity index (χ2n) is 5.81. The van der Waals surface area contributed by atoms with Gasteiger partial charge in [0.1, 0.15) is 0 Å². The second kappa shape index (κ2) is 11.3. The molecule has 0 saturated heterocycles. The van der Waals surface area contributed by atoms with Crippen LogP contribution in [-0.4, -0.2) is 60.1 Å². The van der Waals surface area contributed by atoms with Crippen LogP contribution in [0.2, 0.25) is 0 Å². The van der Waals surface area contributed by atoms with E-state index in [1.165, 1.54) is 5.69 Å². The highest BCUT2D eigenvalue weighted by molar-refractivity contribution is 14.0. The van der Waals surface area contributed by atoms with Crippen molar-refractivity contribution in [3.05, 3.63) is 22.4 Å². The fraction of sp³-hybridized carbons (Fsp3) is 0.688. The largest absolute Gasteiger partial charge is 0.355 e. The molecule has 0 aliphatic rings. The van der Waals surface area contributed by atoms with Gasteiger partial charge in [0.2, 0.25) is 0 Å².